The van der Waals surface area contributed by atoms with Crippen molar-refractivity contribution in [3.8, 4) is 0 Å². The Kier molecular flexibility index (Phi) is 5.25. The van der Waals surface area contributed by atoms with Crippen LogP contribution < -0.4 is 0 Å². The third kappa shape index (κ3) is 4.00. The van der Waals surface area contributed by atoms with Crippen molar-refractivity contribution >= 4 is 23.2 Å². The molecule has 1 aliphatic rings. The minimum absolute atomic E-state index is 0.124. The summed E-state index contributed by atoms with van der Waals surface area (Å²) in [5, 5.41) is 4.07. The highest BCUT2D eigenvalue weighted by Crippen LogP contribution is 2.13. The number of rotatable bonds is 4. The first-order valence-electron chi connectivity index (χ1n) is 7.97. The summed E-state index contributed by atoms with van der Waals surface area (Å²) in [5.41, 5.74) is 1.54. The number of hydrogen-bond acceptors (Lipinski definition) is 3. The van der Waals surface area contributed by atoms with Crippen molar-refractivity contribution in [2.24, 2.45) is 0 Å². The largest absolute Gasteiger partial charge is 0.339 e. The van der Waals surface area contributed by atoms with Gasteiger partial charge in [0, 0.05) is 38.2 Å². The molecule has 0 atom stereocenters. The average molecular weight is 346 g/mol. The van der Waals surface area contributed by atoms with Gasteiger partial charge in [-0.25, -0.2) is 4.39 Å². The Morgan fingerprint density at radius 2 is 1.83 bits per heavy atom. The molecule has 2 amide bonds. The van der Waals surface area contributed by atoms with E-state index in [2.05, 4.69) is 5.38 Å². The number of carbonyl (C=O) groups is 2. The van der Waals surface area contributed by atoms with Crippen LogP contribution in [0.5, 0.6) is 0 Å². The Labute approximate surface area is 144 Å². The van der Waals surface area contributed by atoms with Gasteiger partial charge in [0.15, 0.2) is 0 Å². The third-order valence-corrected chi connectivity index (χ3v) is 4.93. The highest BCUT2D eigenvalue weighted by Gasteiger charge is 2.24. The lowest BCUT2D eigenvalue weighted by atomic mass is 10.1. The maximum atomic E-state index is 13.2. The molecule has 2 heterocycles. The van der Waals surface area contributed by atoms with E-state index in [0.29, 0.717) is 38.2 Å². The Bertz CT molecular complexity index is 710. The van der Waals surface area contributed by atoms with Crippen molar-refractivity contribution < 1.29 is 14.0 Å². The van der Waals surface area contributed by atoms with E-state index in [1.807, 2.05) is 16.3 Å². The zero-order chi connectivity index (χ0) is 16.9. The van der Waals surface area contributed by atoms with Crippen molar-refractivity contribution in [2.45, 2.75) is 12.8 Å². The van der Waals surface area contributed by atoms with Crippen LogP contribution in [0, 0.1) is 5.82 Å². The minimum atomic E-state index is -0.414. The molecule has 1 aromatic carbocycles. The number of carbonyl (C=O) groups excluding carboxylic acids is 2. The summed E-state index contributed by atoms with van der Waals surface area (Å²) in [6.07, 6.45) is 1.25. The second kappa shape index (κ2) is 7.57. The minimum Gasteiger partial charge on any atom is -0.339 e. The maximum absolute atomic E-state index is 13.2. The molecule has 2 aromatic rings. The summed E-state index contributed by atoms with van der Waals surface area (Å²) >= 11 is 1.63. The normalized spacial score (nSPS) is 14.7. The number of nitrogens with zero attached hydrogens (tertiary/aromatic N) is 2. The summed E-state index contributed by atoms with van der Waals surface area (Å²) < 4.78 is 13.2. The Balaban J connectivity index is 1.50. The average Bonchev–Trinajstić information content (AvgIpc) is 3.13. The van der Waals surface area contributed by atoms with Crippen molar-refractivity contribution in [1.82, 2.24) is 9.80 Å². The van der Waals surface area contributed by atoms with Gasteiger partial charge in [0.25, 0.3) is 5.91 Å². The van der Waals surface area contributed by atoms with Crippen molar-refractivity contribution in [1.29, 1.82) is 0 Å². The molecule has 1 fully saturated rings. The first-order valence-corrected chi connectivity index (χ1v) is 8.91. The van der Waals surface area contributed by atoms with E-state index in [1.165, 1.54) is 23.8 Å². The van der Waals surface area contributed by atoms with Gasteiger partial charge in [0.1, 0.15) is 5.82 Å². The molecule has 1 saturated heterocycles. The Morgan fingerprint density at radius 1 is 1.08 bits per heavy atom. The standard InChI is InChI=1S/C18H19FN2O2S/c19-16-3-1-2-15(12-16)18(23)21-9-7-20(8-10-21)17(22)5-4-14-6-11-24-13-14/h1-3,6,11-13H,4-5,7-10H2. The fourth-order valence-corrected chi connectivity index (χ4v) is 3.51. The van der Waals surface area contributed by atoms with Gasteiger partial charge in [0.05, 0.1) is 0 Å². The van der Waals surface area contributed by atoms with Crippen LogP contribution in [0.1, 0.15) is 22.3 Å². The van der Waals surface area contributed by atoms with E-state index in [4.69, 9.17) is 0 Å². The van der Waals surface area contributed by atoms with Gasteiger partial charge >= 0.3 is 0 Å². The highest BCUT2D eigenvalue weighted by atomic mass is 32.1. The molecule has 0 bridgehead atoms. The molecule has 0 unspecified atom stereocenters. The fraction of sp³-hybridized carbons (Fsp3) is 0.333. The SMILES string of the molecule is O=C(CCc1ccsc1)N1CCN(C(=O)c2cccc(F)c2)CC1. The molecule has 4 nitrogen and oxygen atoms in total. The lowest BCUT2D eigenvalue weighted by molar-refractivity contribution is -0.132. The Morgan fingerprint density at radius 3 is 2.50 bits per heavy atom. The molecule has 0 spiro atoms. The first kappa shape index (κ1) is 16.6. The van der Waals surface area contributed by atoms with E-state index in [9.17, 15) is 14.0 Å². The summed E-state index contributed by atoms with van der Waals surface area (Å²) in [6.45, 7) is 2.03. The van der Waals surface area contributed by atoms with Crippen LogP contribution in [0.15, 0.2) is 41.1 Å². The fourth-order valence-electron chi connectivity index (χ4n) is 2.81. The number of aryl methyl sites for hydroxylation is 1. The van der Waals surface area contributed by atoms with Crippen molar-refractivity contribution in [3.63, 3.8) is 0 Å². The molecule has 24 heavy (non-hydrogen) atoms. The van der Waals surface area contributed by atoms with Gasteiger partial charge < -0.3 is 9.80 Å². The zero-order valence-electron chi connectivity index (χ0n) is 13.3. The number of benzene rings is 1. The topological polar surface area (TPSA) is 40.6 Å². The van der Waals surface area contributed by atoms with Gasteiger partial charge in [-0.1, -0.05) is 6.07 Å². The third-order valence-electron chi connectivity index (χ3n) is 4.20. The molecule has 1 aliphatic heterocycles. The number of piperazine rings is 1. The predicted octanol–water partition coefficient (Wildman–Crippen LogP) is 2.80. The van der Waals surface area contributed by atoms with Crippen LogP contribution in [0.2, 0.25) is 0 Å². The second-order valence-corrected chi connectivity index (χ2v) is 6.59. The van der Waals surface area contributed by atoms with E-state index in [0.717, 1.165) is 6.42 Å². The number of thiophene rings is 1. The Hall–Kier alpha value is -2.21. The monoisotopic (exact) mass is 346 g/mol. The summed E-state index contributed by atoms with van der Waals surface area (Å²) in [4.78, 5) is 28.1. The smallest absolute Gasteiger partial charge is 0.254 e. The molecule has 0 radical (unpaired) electrons. The first-order chi connectivity index (χ1) is 11.6. The van der Waals surface area contributed by atoms with Crippen LogP contribution in [0.3, 0.4) is 0 Å². The zero-order valence-corrected chi connectivity index (χ0v) is 14.1. The predicted molar refractivity (Wildman–Crippen MR) is 91.5 cm³/mol. The number of amides is 2. The van der Waals surface area contributed by atoms with Gasteiger partial charge in [-0.2, -0.15) is 11.3 Å². The summed E-state index contributed by atoms with van der Waals surface area (Å²) in [5.74, 6) is -0.470. The molecule has 0 saturated carbocycles. The lowest BCUT2D eigenvalue weighted by Crippen LogP contribution is -2.50. The quantitative estimate of drug-likeness (QED) is 0.854. The van der Waals surface area contributed by atoms with E-state index >= 15 is 0 Å². The van der Waals surface area contributed by atoms with E-state index in [-0.39, 0.29) is 11.8 Å². The molecule has 3 rings (SSSR count). The molecule has 6 heteroatoms. The number of hydrogen-bond donors (Lipinski definition) is 0. The van der Waals surface area contributed by atoms with Crippen molar-refractivity contribution in [2.75, 3.05) is 26.2 Å². The summed E-state index contributed by atoms with van der Waals surface area (Å²) in [7, 11) is 0. The molecule has 126 valence electrons. The lowest BCUT2D eigenvalue weighted by Gasteiger charge is -2.35. The van der Waals surface area contributed by atoms with Crippen molar-refractivity contribution in [3.05, 3.63) is 58.0 Å². The molecule has 1 aromatic heterocycles. The van der Waals surface area contributed by atoms with Gasteiger partial charge in [-0.3, -0.25) is 9.59 Å². The maximum Gasteiger partial charge on any atom is 0.254 e. The molecular weight excluding hydrogens is 327 g/mol. The van der Waals surface area contributed by atoms with Crippen LogP contribution in [0.25, 0.3) is 0 Å². The van der Waals surface area contributed by atoms with Gasteiger partial charge in [-0.15, -0.1) is 0 Å². The number of halogens is 1. The van der Waals surface area contributed by atoms with Gasteiger partial charge in [0.2, 0.25) is 5.91 Å². The molecule has 0 N–H and O–H groups in total. The highest BCUT2D eigenvalue weighted by molar-refractivity contribution is 7.07. The van der Waals surface area contributed by atoms with E-state index in [1.54, 1.807) is 22.3 Å². The van der Waals surface area contributed by atoms with Crippen LogP contribution in [-0.4, -0.2) is 47.8 Å². The second-order valence-electron chi connectivity index (χ2n) is 5.81. The van der Waals surface area contributed by atoms with Crippen LogP contribution in [-0.2, 0) is 11.2 Å². The summed E-state index contributed by atoms with van der Waals surface area (Å²) in [6, 6.07) is 7.76. The molecule has 0 aliphatic carbocycles. The van der Waals surface area contributed by atoms with Gasteiger partial charge in [-0.05, 0) is 47.0 Å². The molecular formula is C18H19FN2O2S. The van der Waals surface area contributed by atoms with Crippen LogP contribution in [0.4, 0.5) is 4.39 Å². The van der Waals surface area contributed by atoms with Crippen LogP contribution >= 0.6 is 11.3 Å². The van der Waals surface area contributed by atoms with E-state index < -0.39 is 5.82 Å².